The van der Waals surface area contributed by atoms with Crippen LogP contribution >= 0.6 is 0 Å². The number of benzene rings is 1. The highest BCUT2D eigenvalue weighted by Crippen LogP contribution is 2.18. The summed E-state index contributed by atoms with van der Waals surface area (Å²) in [7, 11) is 1.51. The number of amides is 2. The summed E-state index contributed by atoms with van der Waals surface area (Å²) in [4.78, 5) is 23.6. The molecule has 0 fully saturated rings. The molecule has 1 rings (SSSR count). The average Bonchev–Trinajstić information content (AvgIpc) is 2.35. The van der Waals surface area contributed by atoms with Crippen molar-refractivity contribution in [3.05, 3.63) is 23.8 Å². The highest BCUT2D eigenvalue weighted by Gasteiger charge is 2.14. The average molecular weight is 293 g/mol. The van der Waals surface area contributed by atoms with Crippen molar-refractivity contribution < 1.29 is 14.3 Å². The summed E-state index contributed by atoms with van der Waals surface area (Å²) in [6.45, 7) is 5.98. The maximum atomic E-state index is 12.0. The number of methoxy groups -OCH3 is 1. The van der Waals surface area contributed by atoms with Gasteiger partial charge in [-0.25, -0.2) is 0 Å². The van der Waals surface area contributed by atoms with E-state index in [9.17, 15) is 9.59 Å². The monoisotopic (exact) mass is 293 g/mol. The predicted molar refractivity (Wildman–Crippen MR) is 82.3 cm³/mol. The Hall–Kier alpha value is -2.24. The molecule has 116 valence electrons. The van der Waals surface area contributed by atoms with Crippen molar-refractivity contribution in [2.45, 2.75) is 32.7 Å². The molecule has 4 N–H and O–H groups in total. The second-order valence-electron chi connectivity index (χ2n) is 5.80. The molecule has 0 heterocycles. The molecule has 0 saturated heterocycles. The van der Waals surface area contributed by atoms with Gasteiger partial charge in [-0.05, 0) is 32.9 Å². The lowest BCUT2D eigenvalue weighted by Gasteiger charge is -2.20. The molecule has 0 aromatic heterocycles. The number of nitrogen functional groups attached to an aromatic ring is 1. The SMILES string of the molecule is COc1cc(N)cc(C(=O)NCCC(=O)NC(C)(C)C)c1. The molecule has 2 amide bonds. The molecule has 0 aliphatic heterocycles. The first kappa shape index (κ1) is 16.8. The van der Waals surface area contributed by atoms with Gasteiger partial charge in [0, 0.05) is 35.8 Å². The van der Waals surface area contributed by atoms with Crippen LogP contribution in [0.1, 0.15) is 37.6 Å². The smallest absolute Gasteiger partial charge is 0.251 e. The van der Waals surface area contributed by atoms with Crippen LogP contribution in [0.25, 0.3) is 0 Å². The molecule has 0 spiro atoms. The highest BCUT2D eigenvalue weighted by molar-refractivity contribution is 5.95. The van der Waals surface area contributed by atoms with Crippen LogP contribution < -0.4 is 21.1 Å². The van der Waals surface area contributed by atoms with E-state index in [0.29, 0.717) is 17.0 Å². The van der Waals surface area contributed by atoms with Crippen LogP contribution in [0.3, 0.4) is 0 Å². The van der Waals surface area contributed by atoms with Crippen LogP contribution in [0.2, 0.25) is 0 Å². The van der Waals surface area contributed by atoms with Crippen molar-refractivity contribution in [2.75, 3.05) is 19.4 Å². The summed E-state index contributed by atoms with van der Waals surface area (Å²) < 4.78 is 5.06. The third-order valence-corrected chi connectivity index (χ3v) is 2.58. The summed E-state index contributed by atoms with van der Waals surface area (Å²) in [5, 5.41) is 5.51. The van der Waals surface area contributed by atoms with E-state index in [2.05, 4.69) is 10.6 Å². The lowest BCUT2D eigenvalue weighted by Crippen LogP contribution is -2.42. The number of anilines is 1. The van der Waals surface area contributed by atoms with Gasteiger partial charge in [-0.2, -0.15) is 0 Å². The van der Waals surface area contributed by atoms with Gasteiger partial charge in [0.25, 0.3) is 5.91 Å². The predicted octanol–water partition coefficient (Wildman–Crippen LogP) is 1.31. The van der Waals surface area contributed by atoms with Gasteiger partial charge in [-0.3, -0.25) is 9.59 Å². The van der Waals surface area contributed by atoms with Gasteiger partial charge < -0.3 is 21.1 Å². The topological polar surface area (TPSA) is 93.4 Å². The van der Waals surface area contributed by atoms with Crippen molar-refractivity contribution in [2.24, 2.45) is 0 Å². The molecule has 0 aliphatic carbocycles. The molecular weight excluding hydrogens is 270 g/mol. The van der Waals surface area contributed by atoms with E-state index in [1.54, 1.807) is 18.2 Å². The van der Waals surface area contributed by atoms with Crippen LogP contribution in [0.15, 0.2) is 18.2 Å². The Morgan fingerprint density at radius 1 is 1.24 bits per heavy atom. The fourth-order valence-electron chi connectivity index (χ4n) is 1.74. The quantitative estimate of drug-likeness (QED) is 0.714. The Labute approximate surface area is 125 Å². The van der Waals surface area contributed by atoms with Gasteiger partial charge in [0.2, 0.25) is 5.91 Å². The van der Waals surface area contributed by atoms with E-state index >= 15 is 0 Å². The number of hydrogen-bond donors (Lipinski definition) is 3. The second-order valence-corrected chi connectivity index (χ2v) is 5.80. The number of carbonyl (C=O) groups is 2. The third-order valence-electron chi connectivity index (χ3n) is 2.58. The Morgan fingerprint density at radius 3 is 2.48 bits per heavy atom. The molecule has 6 heteroatoms. The first-order chi connectivity index (χ1) is 9.71. The van der Waals surface area contributed by atoms with Crippen molar-refractivity contribution in [3.63, 3.8) is 0 Å². The Balaban J connectivity index is 2.51. The van der Waals surface area contributed by atoms with E-state index in [1.807, 2.05) is 20.8 Å². The summed E-state index contributed by atoms with van der Waals surface area (Å²) >= 11 is 0. The summed E-state index contributed by atoms with van der Waals surface area (Å²) in [5.41, 5.74) is 6.27. The van der Waals surface area contributed by atoms with E-state index in [1.165, 1.54) is 7.11 Å². The standard InChI is InChI=1S/C15H23N3O3/c1-15(2,3)18-13(19)5-6-17-14(20)10-7-11(16)9-12(8-10)21-4/h7-9H,5-6,16H2,1-4H3,(H,17,20)(H,18,19). The lowest BCUT2D eigenvalue weighted by molar-refractivity contribution is -0.122. The van der Waals surface area contributed by atoms with Crippen LogP contribution in [-0.2, 0) is 4.79 Å². The first-order valence-corrected chi connectivity index (χ1v) is 6.75. The van der Waals surface area contributed by atoms with E-state index in [0.717, 1.165) is 0 Å². The zero-order valence-electron chi connectivity index (χ0n) is 12.9. The zero-order chi connectivity index (χ0) is 16.0. The lowest BCUT2D eigenvalue weighted by atomic mass is 10.1. The minimum atomic E-state index is -0.288. The second kappa shape index (κ2) is 6.97. The number of hydrogen-bond acceptors (Lipinski definition) is 4. The highest BCUT2D eigenvalue weighted by atomic mass is 16.5. The zero-order valence-corrected chi connectivity index (χ0v) is 12.9. The first-order valence-electron chi connectivity index (χ1n) is 6.75. The molecule has 1 aromatic rings. The summed E-state index contributed by atoms with van der Waals surface area (Å²) in [6, 6.07) is 4.79. The van der Waals surface area contributed by atoms with Crippen molar-refractivity contribution in [1.82, 2.24) is 10.6 Å². The summed E-state index contributed by atoms with van der Waals surface area (Å²) in [5.74, 6) is 0.128. The number of ether oxygens (including phenoxy) is 1. The molecule has 0 aliphatic rings. The van der Waals surface area contributed by atoms with Crippen LogP contribution in [0.4, 0.5) is 5.69 Å². The maximum Gasteiger partial charge on any atom is 0.251 e. The van der Waals surface area contributed by atoms with E-state index < -0.39 is 0 Å². The molecule has 0 radical (unpaired) electrons. The Bertz CT molecular complexity index is 521. The normalized spacial score (nSPS) is 10.9. The fraction of sp³-hybridized carbons (Fsp3) is 0.467. The molecule has 0 saturated carbocycles. The number of rotatable bonds is 5. The molecule has 21 heavy (non-hydrogen) atoms. The van der Waals surface area contributed by atoms with Crippen molar-refractivity contribution in [3.8, 4) is 5.75 Å². The molecule has 6 nitrogen and oxygen atoms in total. The van der Waals surface area contributed by atoms with Gasteiger partial charge in [0.1, 0.15) is 5.75 Å². The van der Waals surface area contributed by atoms with Crippen molar-refractivity contribution >= 4 is 17.5 Å². The molecule has 0 bridgehead atoms. The van der Waals surface area contributed by atoms with E-state index in [-0.39, 0.29) is 30.3 Å². The van der Waals surface area contributed by atoms with Gasteiger partial charge in [-0.15, -0.1) is 0 Å². The fourth-order valence-corrected chi connectivity index (χ4v) is 1.74. The van der Waals surface area contributed by atoms with E-state index in [4.69, 9.17) is 10.5 Å². The largest absolute Gasteiger partial charge is 0.497 e. The summed E-state index contributed by atoms with van der Waals surface area (Å²) in [6.07, 6.45) is 0.225. The molecular formula is C15H23N3O3. The van der Waals surface area contributed by atoms with Crippen LogP contribution in [0.5, 0.6) is 5.75 Å². The van der Waals surface area contributed by atoms with Crippen LogP contribution in [0, 0.1) is 0 Å². The Morgan fingerprint density at radius 2 is 1.90 bits per heavy atom. The number of nitrogens with two attached hydrogens (primary N) is 1. The van der Waals surface area contributed by atoms with Gasteiger partial charge in [-0.1, -0.05) is 0 Å². The van der Waals surface area contributed by atoms with Gasteiger partial charge >= 0.3 is 0 Å². The van der Waals surface area contributed by atoms with Crippen molar-refractivity contribution in [1.29, 1.82) is 0 Å². The molecule has 1 aromatic carbocycles. The molecule has 0 atom stereocenters. The third kappa shape index (κ3) is 6.16. The van der Waals surface area contributed by atoms with Crippen LogP contribution in [-0.4, -0.2) is 31.0 Å². The minimum Gasteiger partial charge on any atom is -0.497 e. The molecule has 0 unspecified atom stereocenters. The number of nitrogens with one attached hydrogen (secondary N) is 2. The maximum absolute atomic E-state index is 12.0. The van der Waals surface area contributed by atoms with Gasteiger partial charge in [0.15, 0.2) is 0 Å². The van der Waals surface area contributed by atoms with Gasteiger partial charge in [0.05, 0.1) is 7.11 Å². The number of carbonyl (C=O) groups excluding carboxylic acids is 2. The Kier molecular flexibility index (Phi) is 5.58. The minimum absolute atomic E-state index is 0.104.